The number of benzene rings is 2. The minimum Gasteiger partial charge on any atom is -0.454 e. The Hall–Kier alpha value is -2.97. The highest BCUT2D eigenvalue weighted by Gasteiger charge is 2.31. The van der Waals surface area contributed by atoms with Crippen molar-refractivity contribution < 1.29 is 14.2 Å². The number of nitrogens with zero attached hydrogens (tertiary/aromatic N) is 5. The van der Waals surface area contributed by atoms with Gasteiger partial charge in [0.1, 0.15) is 0 Å². The second-order valence-corrected chi connectivity index (χ2v) is 6.95. The Morgan fingerprint density at radius 1 is 0.964 bits per heavy atom. The van der Waals surface area contributed by atoms with Crippen molar-refractivity contribution >= 4 is 0 Å². The Morgan fingerprint density at radius 2 is 1.75 bits per heavy atom. The zero-order chi connectivity index (χ0) is 18.9. The number of rotatable bonds is 4. The Morgan fingerprint density at radius 3 is 2.57 bits per heavy atom. The summed E-state index contributed by atoms with van der Waals surface area (Å²) in [6, 6.07) is 14.1. The molecule has 2 aliphatic heterocycles. The molecular formula is C20H21N5O3. The third kappa shape index (κ3) is 3.10. The number of ether oxygens (including phenoxy) is 3. The van der Waals surface area contributed by atoms with Crippen LogP contribution in [0.2, 0.25) is 0 Å². The molecule has 3 aromatic rings. The zero-order valence-electron chi connectivity index (χ0n) is 15.6. The summed E-state index contributed by atoms with van der Waals surface area (Å²) in [6.45, 7) is 5.30. The van der Waals surface area contributed by atoms with Crippen LogP contribution in [0.15, 0.2) is 42.5 Å². The predicted molar refractivity (Wildman–Crippen MR) is 101 cm³/mol. The van der Waals surface area contributed by atoms with Gasteiger partial charge in [-0.15, -0.1) is 5.10 Å². The molecule has 0 aliphatic carbocycles. The van der Waals surface area contributed by atoms with Crippen molar-refractivity contribution in [3.63, 3.8) is 0 Å². The summed E-state index contributed by atoms with van der Waals surface area (Å²) >= 11 is 0. The number of hydrogen-bond acceptors (Lipinski definition) is 7. The van der Waals surface area contributed by atoms with E-state index in [1.54, 1.807) is 0 Å². The van der Waals surface area contributed by atoms with E-state index in [1.807, 2.05) is 28.9 Å². The first-order valence-corrected chi connectivity index (χ1v) is 9.36. The highest BCUT2D eigenvalue weighted by Crippen LogP contribution is 2.37. The molecular weight excluding hydrogens is 358 g/mol. The fraction of sp³-hybridized carbons (Fsp3) is 0.350. The zero-order valence-corrected chi connectivity index (χ0v) is 15.6. The van der Waals surface area contributed by atoms with Gasteiger partial charge in [0.25, 0.3) is 0 Å². The Balaban J connectivity index is 1.59. The van der Waals surface area contributed by atoms with Gasteiger partial charge in [-0.1, -0.05) is 23.8 Å². The molecule has 2 aromatic carbocycles. The van der Waals surface area contributed by atoms with Gasteiger partial charge in [0, 0.05) is 13.1 Å². The van der Waals surface area contributed by atoms with Gasteiger partial charge >= 0.3 is 0 Å². The summed E-state index contributed by atoms with van der Waals surface area (Å²) in [5.74, 6) is 2.29. The van der Waals surface area contributed by atoms with Gasteiger partial charge in [0.2, 0.25) is 6.79 Å². The van der Waals surface area contributed by atoms with Gasteiger partial charge in [0.05, 0.1) is 24.9 Å². The summed E-state index contributed by atoms with van der Waals surface area (Å²) in [7, 11) is 0. The quantitative estimate of drug-likeness (QED) is 0.687. The maximum Gasteiger partial charge on any atom is 0.231 e. The molecule has 0 bridgehead atoms. The van der Waals surface area contributed by atoms with Crippen molar-refractivity contribution in [2.75, 3.05) is 33.1 Å². The normalized spacial score (nSPS) is 17.6. The van der Waals surface area contributed by atoms with Crippen LogP contribution in [0, 0.1) is 6.92 Å². The largest absolute Gasteiger partial charge is 0.454 e. The Bertz CT molecular complexity index is 966. The van der Waals surface area contributed by atoms with Crippen molar-refractivity contribution in [1.29, 1.82) is 0 Å². The average molecular weight is 379 g/mol. The second kappa shape index (κ2) is 7.21. The lowest BCUT2D eigenvalue weighted by atomic mass is 10.0. The Kier molecular flexibility index (Phi) is 4.42. The lowest BCUT2D eigenvalue weighted by molar-refractivity contribution is 0.0220. The number of morpholine rings is 1. The van der Waals surface area contributed by atoms with Gasteiger partial charge < -0.3 is 14.2 Å². The number of hydrogen-bond donors (Lipinski definition) is 0. The van der Waals surface area contributed by atoms with E-state index in [9.17, 15) is 0 Å². The molecule has 0 saturated carbocycles. The monoisotopic (exact) mass is 379 g/mol. The fourth-order valence-corrected chi connectivity index (χ4v) is 3.68. The van der Waals surface area contributed by atoms with Crippen LogP contribution in [0.25, 0.3) is 5.69 Å². The van der Waals surface area contributed by atoms with Crippen LogP contribution in [0.3, 0.4) is 0 Å². The summed E-state index contributed by atoms with van der Waals surface area (Å²) < 4.78 is 18.4. The molecule has 144 valence electrons. The summed E-state index contributed by atoms with van der Waals surface area (Å²) in [6.07, 6.45) is 0. The van der Waals surface area contributed by atoms with Crippen molar-refractivity contribution in [2.24, 2.45) is 0 Å². The van der Waals surface area contributed by atoms with Crippen LogP contribution in [-0.2, 0) is 4.74 Å². The van der Waals surface area contributed by atoms with Gasteiger partial charge in [0.15, 0.2) is 17.3 Å². The first kappa shape index (κ1) is 17.2. The minimum atomic E-state index is -0.116. The highest BCUT2D eigenvalue weighted by molar-refractivity contribution is 5.46. The van der Waals surface area contributed by atoms with Crippen LogP contribution in [-0.4, -0.2) is 58.2 Å². The van der Waals surface area contributed by atoms with E-state index in [0.29, 0.717) is 13.2 Å². The van der Waals surface area contributed by atoms with Crippen LogP contribution < -0.4 is 9.47 Å². The van der Waals surface area contributed by atoms with Crippen molar-refractivity contribution in [1.82, 2.24) is 25.1 Å². The van der Waals surface area contributed by atoms with Gasteiger partial charge in [-0.3, -0.25) is 4.90 Å². The van der Waals surface area contributed by atoms with Crippen molar-refractivity contribution in [3.05, 3.63) is 59.4 Å². The predicted octanol–water partition coefficient (Wildman–Crippen LogP) is 2.12. The smallest absolute Gasteiger partial charge is 0.231 e. The van der Waals surface area contributed by atoms with E-state index < -0.39 is 0 Å². The molecule has 8 nitrogen and oxygen atoms in total. The molecule has 0 N–H and O–H groups in total. The lowest BCUT2D eigenvalue weighted by Gasteiger charge is -2.34. The molecule has 1 fully saturated rings. The standard InChI is InChI=1S/C20H21N5O3/c1-14-2-5-16(6-3-14)25-20(21-22-23-25)19(24-8-10-26-11-9-24)15-4-7-17-18(12-15)28-13-27-17/h2-7,12,19H,8-11,13H2,1H3/t19-/m1/s1. The van der Waals surface area contributed by atoms with E-state index in [-0.39, 0.29) is 12.8 Å². The van der Waals surface area contributed by atoms with Crippen LogP contribution in [0.1, 0.15) is 23.0 Å². The molecule has 5 rings (SSSR count). The molecule has 8 heteroatoms. The molecule has 0 amide bonds. The third-order valence-electron chi connectivity index (χ3n) is 5.14. The van der Waals surface area contributed by atoms with Crippen LogP contribution in [0.5, 0.6) is 11.5 Å². The SMILES string of the molecule is Cc1ccc(-n2nnnc2[C@@H](c2ccc3c(c2)OCO3)N2CCOCC2)cc1. The topological polar surface area (TPSA) is 74.5 Å². The fourth-order valence-electron chi connectivity index (χ4n) is 3.68. The summed E-state index contributed by atoms with van der Waals surface area (Å²) in [5, 5.41) is 12.7. The maximum absolute atomic E-state index is 5.60. The number of tetrazole rings is 1. The molecule has 2 aliphatic rings. The van der Waals surface area contributed by atoms with Gasteiger partial charge in [-0.2, -0.15) is 4.68 Å². The molecule has 1 aromatic heterocycles. The lowest BCUT2D eigenvalue weighted by Crippen LogP contribution is -2.40. The summed E-state index contributed by atoms with van der Waals surface area (Å²) in [4.78, 5) is 2.34. The van der Waals surface area contributed by atoms with Crippen LogP contribution in [0.4, 0.5) is 0 Å². The molecule has 0 spiro atoms. The van der Waals surface area contributed by atoms with E-state index >= 15 is 0 Å². The number of fused-ring (bicyclic) bond motifs is 1. The minimum absolute atomic E-state index is 0.116. The van der Waals surface area contributed by atoms with Crippen molar-refractivity contribution in [3.8, 4) is 17.2 Å². The van der Waals surface area contributed by atoms with E-state index in [4.69, 9.17) is 14.2 Å². The second-order valence-electron chi connectivity index (χ2n) is 6.95. The molecule has 28 heavy (non-hydrogen) atoms. The third-order valence-corrected chi connectivity index (χ3v) is 5.14. The maximum atomic E-state index is 5.60. The molecule has 1 atom stereocenters. The molecule has 0 unspecified atom stereocenters. The first-order chi connectivity index (χ1) is 13.8. The van der Waals surface area contributed by atoms with Gasteiger partial charge in [-0.05, 0) is 47.2 Å². The molecule has 3 heterocycles. The molecule has 0 radical (unpaired) electrons. The highest BCUT2D eigenvalue weighted by atomic mass is 16.7. The number of aryl methyl sites for hydroxylation is 1. The number of aromatic nitrogens is 4. The van der Waals surface area contributed by atoms with E-state index in [1.165, 1.54) is 5.56 Å². The van der Waals surface area contributed by atoms with E-state index in [2.05, 4.69) is 45.5 Å². The Labute approximate surface area is 162 Å². The molecule has 1 saturated heterocycles. The average Bonchev–Trinajstić information content (AvgIpc) is 3.39. The summed E-state index contributed by atoms with van der Waals surface area (Å²) in [5.41, 5.74) is 3.19. The first-order valence-electron chi connectivity index (χ1n) is 9.36. The van der Waals surface area contributed by atoms with Crippen molar-refractivity contribution in [2.45, 2.75) is 13.0 Å². The van der Waals surface area contributed by atoms with E-state index in [0.717, 1.165) is 41.7 Å². The van der Waals surface area contributed by atoms with Gasteiger partial charge in [-0.25, -0.2) is 0 Å². The van der Waals surface area contributed by atoms with Crippen LogP contribution >= 0.6 is 0 Å².